The van der Waals surface area contributed by atoms with Crippen LogP contribution in [-0.4, -0.2) is 36.2 Å². The first-order chi connectivity index (χ1) is 20.6. The Kier molecular flexibility index (Phi) is 8.25. The zero-order valence-electron chi connectivity index (χ0n) is 23.4. The molecule has 1 N–H and O–H groups in total. The van der Waals surface area contributed by atoms with E-state index in [1.54, 1.807) is 49.1 Å². The number of carbonyl (C=O) groups excluding carboxylic acids is 1. The number of carboxylic acids is 1. The molecule has 0 bridgehead atoms. The van der Waals surface area contributed by atoms with Gasteiger partial charge in [-0.15, -0.1) is 0 Å². The SMILES string of the molecule is Cc1c(C(=O)CCC#Cc2ccc3nc(Cc4ccc(C(=O)O)cc4)ncc3c2)c(=O)n(Cc2ccc(F)c(F)c2)n1C. The van der Waals surface area contributed by atoms with Gasteiger partial charge in [-0.25, -0.2) is 28.2 Å². The number of carbonyl (C=O) groups is 2. The highest BCUT2D eigenvalue weighted by atomic mass is 19.2. The maximum Gasteiger partial charge on any atom is 0.335 e. The molecular weight excluding hydrogens is 554 g/mol. The summed E-state index contributed by atoms with van der Waals surface area (Å²) in [5, 5.41) is 9.85. The van der Waals surface area contributed by atoms with E-state index in [0.717, 1.165) is 34.2 Å². The molecule has 10 heteroatoms. The van der Waals surface area contributed by atoms with Crippen molar-refractivity contribution in [1.82, 2.24) is 19.3 Å². The molecule has 8 nitrogen and oxygen atoms in total. The van der Waals surface area contributed by atoms with Crippen molar-refractivity contribution >= 4 is 22.7 Å². The van der Waals surface area contributed by atoms with Crippen LogP contribution in [0, 0.1) is 30.4 Å². The van der Waals surface area contributed by atoms with Gasteiger partial charge in [0.25, 0.3) is 5.56 Å². The number of aromatic carboxylic acids is 1. The smallest absolute Gasteiger partial charge is 0.335 e. The summed E-state index contributed by atoms with van der Waals surface area (Å²) in [6, 6.07) is 15.5. The predicted molar refractivity (Wildman–Crippen MR) is 156 cm³/mol. The number of Topliss-reactive ketones (excluding diaryl/α,β-unsaturated/α-hetero) is 1. The van der Waals surface area contributed by atoms with Gasteiger partial charge in [0, 0.05) is 49.2 Å². The van der Waals surface area contributed by atoms with Crippen LogP contribution in [0.5, 0.6) is 0 Å². The van der Waals surface area contributed by atoms with Crippen molar-refractivity contribution in [3.63, 3.8) is 0 Å². The van der Waals surface area contributed by atoms with Crippen LogP contribution in [0.15, 0.2) is 71.7 Å². The maximum absolute atomic E-state index is 13.6. The van der Waals surface area contributed by atoms with Gasteiger partial charge in [0.2, 0.25) is 0 Å². The fourth-order valence-electron chi connectivity index (χ4n) is 4.72. The summed E-state index contributed by atoms with van der Waals surface area (Å²) in [4.78, 5) is 46.0. The summed E-state index contributed by atoms with van der Waals surface area (Å²) < 4.78 is 29.8. The lowest BCUT2D eigenvalue weighted by atomic mass is 10.1. The second kappa shape index (κ2) is 12.2. The molecule has 0 atom stereocenters. The van der Waals surface area contributed by atoms with E-state index < -0.39 is 23.2 Å². The second-order valence-corrected chi connectivity index (χ2v) is 10.1. The first-order valence-corrected chi connectivity index (χ1v) is 13.4. The van der Waals surface area contributed by atoms with Gasteiger partial charge in [-0.1, -0.05) is 30.0 Å². The fraction of sp³-hybridized carbons (Fsp3) is 0.182. The first-order valence-electron chi connectivity index (χ1n) is 13.4. The summed E-state index contributed by atoms with van der Waals surface area (Å²) in [5.41, 5.74) is 3.04. The van der Waals surface area contributed by atoms with Gasteiger partial charge >= 0.3 is 5.97 Å². The maximum atomic E-state index is 13.6. The lowest BCUT2D eigenvalue weighted by Crippen LogP contribution is -2.25. The molecule has 43 heavy (non-hydrogen) atoms. The van der Waals surface area contributed by atoms with Gasteiger partial charge < -0.3 is 5.11 Å². The number of carboxylic acid groups (broad SMARTS) is 1. The highest BCUT2D eigenvalue weighted by molar-refractivity contribution is 5.97. The molecule has 5 aromatic rings. The molecule has 0 aliphatic carbocycles. The average Bonchev–Trinajstić information content (AvgIpc) is 3.20. The van der Waals surface area contributed by atoms with Crippen LogP contribution in [-0.2, 0) is 20.0 Å². The van der Waals surface area contributed by atoms with E-state index >= 15 is 0 Å². The molecule has 2 aromatic heterocycles. The van der Waals surface area contributed by atoms with Crippen LogP contribution < -0.4 is 5.56 Å². The molecule has 0 aliphatic heterocycles. The number of benzene rings is 3. The van der Waals surface area contributed by atoms with Crippen LogP contribution in [0.1, 0.15) is 61.8 Å². The van der Waals surface area contributed by atoms with Gasteiger partial charge in [-0.2, -0.15) is 0 Å². The van der Waals surface area contributed by atoms with Crippen LogP contribution in [0.25, 0.3) is 10.9 Å². The second-order valence-electron chi connectivity index (χ2n) is 10.1. The Morgan fingerprint density at radius 3 is 2.44 bits per heavy atom. The first kappa shape index (κ1) is 29.1. The zero-order chi connectivity index (χ0) is 30.7. The van der Waals surface area contributed by atoms with Gasteiger partial charge in [0.05, 0.1) is 17.6 Å². The van der Waals surface area contributed by atoms with E-state index in [2.05, 4.69) is 21.8 Å². The van der Waals surface area contributed by atoms with Crippen molar-refractivity contribution in [3.05, 3.63) is 128 Å². The number of rotatable bonds is 8. The molecule has 5 rings (SSSR count). The molecule has 0 radical (unpaired) electrons. The number of nitrogens with zero attached hydrogens (tertiary/aromatic N) is 4. The Morgan fingerprint density at radius 1 is 0.977 bits per heavy atom. The number of fused-ring (bicyclic) bond motifs is 1. The number of hydrogen-bond acceptors (Lipinski definition) is 5. The number of halogens is 2. The van der Waals surface area contributed by atoms with Crippen molar-refractivity contribution in [2.75, 3.05) is 0 Å². The minimum atomic E-state index is -1.00. The van der Waals surface area contributed by atoms with E-state index in [-0.39, 0.29) is 36.3 Å². The zero-order valence-corrected chi connectivity index (χ0v) is 23.4. The van der Waals surface area contributed by atoms with Crippen molar-refractivity contribution in [2.24, 2.45) is 7.05 Å². The van der Waals surface area contributed by atoms with Gasteiger partial charge in [0.1, 0.15) is 11.4 Å². The third-order valence-corrected chi connectivity index (χ3v) is 7.16. The molecule has 2 heterocycles. The van der Waals surface area contributed by atoms with Gasteiger partial charge in [-0.05, 0) is 60.5 Å². The van der Waals surface area contributed by atoms with E-state index in [0.29, 0.717) is 23.5 Å². The molecule has 0 unspecified atom stereocenters. The number of ketones is 1. The molecule has 0 spiro atoms. The standard InChI is InChI=1S/C33H26F2N4O4/c1-20-31(32(41)39(38(20)2)19-23-9-13-26(34)27(35)16-23)29(40)6-4-3-5-21-10-14-28-25(15-21)18-36-30(37-28)17-22-7-11-24(12-8-22)33(42)43/h7-16,18H,4,6,17,19H2,1-2H3,(H,42,43). The van der Waals surface area contributed by atoms with Crippen molar-refractivity contribution in [2.45, 2.75) is 32.7 Å². The lowest BCUT2D eigenvalue weighted by Gasteiger charge is -2.08. The van der Waals surface area contributed by atoms with Crippen molar-refractivity contribution in [3.8, 4) is 11.8 Å². The van der Waals surface area contributed by atoms with Crippen LogP contribution in [0.4, 0.5) is 8.78 Å². The third kappa shape index (κ3) is 6.41. The topological polar surface area (TPSA) is 107 Å². The summed E-state index contributed by atoms with van der Waals surface area (Å²) in [6.07, 6.45) is 2.46. The average molecular weight is 581 g/mol. The summed E-state index contributed by atoms with van der Waals surface area (Å²) in [6.45, 7) is 1.66. The summed E-state index contributed by atoms with van der Waals surface area (Å²) >= 11 is 0. The van der Waals surface area contributed by atoms with Gasteiger partial charge in [0.15, 0.2) is 17.4 Å². The summed E-state index contributed by atoms with van der Waals surface area (Å²) in [7, 11) is 1.64. The Bertz CT molecular complexity index is 2000. The third-order valence-electron chi connectivity index (χ3n) is 7.16. The minimum Gasteiger partial charge on any atom is -0.478 e. The minimum absolute atomic E-state index is 0.00643. The lowest BCUT2D eigenvalue weighted by molar-refractivity contribution is 0.0696. The number of aromatic nitrogens is 4. The van der Waals surface area contributed by atoms with Crippen LogP contribution in [0.3, 0.4) is 0 Å². The van der Waals surface area contributed by atoms with Crippen LogP contribution >= 0.6 is 0 Å². The Morgan fingerprint density at radius 2 is 1.72 bits per heavy atom. The molecule has 0 aliphatic rings. The van der Waals surface area contributed by atoms with Crippen LogP contribution in [0.2, 0.25) is 0 Å². The molecule has 0 amide bonds. The van der Waals surface area contributed by atoms with Gasteiger partial charge in [-0.3, -0.25) is 14.3 Å². The van der Waals surface area contributed by atoms with E-state index in [9.17, 15) is 23.2 Å². The van der Waals surface area contributed by atoms with E-state index in [1.165, 1.54) is 10.7 Å². The number of hydrogen-bond donors (Lipinski definition) is 1. The highest BCUT2D eigenvalue weighted by Gasteiger charge is 2.21. The van der Waals surface area contributed by atoms with E-state index in [4.69, 9.17) is 5.11 Å². The Balaban J connectivity index is 1.23. The molecule has 0 saturated carbocycles. The summed E-state index contributed by atoms with van der Waals surface area (Å²) in [5.74, 6) is 3.34. The monoisotopic (exact) mass is 580 g/mol. The Hall–Kier alpha value is -5.43. The largest absolute Gasteiger partial charge is 0.478 e. The molecular formula is C33H26F2N4O4. The quantitative estimate of drug-likeness (QED) is 0.203. The molecule has 216 valence electrons. The molecule has 3 aromatic carbocycles. The molecule has 0 saturated heterocycles. The normalized spacial score (nSPS) is 10.9. The predicted octanol–water partition coefficient (Wildman–Crippen LogP) is 5.07. The highest BCUT2D eigenvalue weighted by Crippen LogP contribution is 2.16. The Labute approximate surface area is 245 Å². The molecule has 0 fully saturated rings. The fourth-order valence-corrected chi connectivity index (χ4v) is 4.72. The van der Waals surface area contributed by atoms with E-state index in [1.807, 2.05) is 18.2 Å². The van der Waals surface area contributed by atoms with Crippen molar-refractivity contribution in [1.29, 1.82) is 0 Å². The van der Waals surface area contributed by atoms with Crippen molar-refractivity contribution < 1.29 is 23.5 Å².